The van der Waals surface area contributed by atoms with Gasteiger partial charge in [0.1, 0.15) is 10.5 Å². The number of fused-ring (bicyclic) bond motifs is 1. The van der Waals surface area contributed by atoms with Crippen LogP contribution in [0, 0.1) is 6.92 Å². The number of aromatic nitrogens is 1. The van der Waals surface area contributed by atoms with Gasteiger partial charge in [-0.2, -0.15) is 0 Å². The molecular formula is C16H17N3OS. The van der Waals surface area contributed by atoms with E-state index in [9.17, 15) is 4.79 Å². The second-order valence-corrected chi connectivity index (χ2v) is 7.05. The third kappa shape index (κ3) is 1.80. The molecule has 2 aromatic rings. The summed E-state index contributed by atoms with van der Waals surface area (Å²) in [6.07, 6.45) is 4.66. The van der Waals surface area contributed by atoms with Gasteiger partial charge in [0.15, 0.2) is 0 Å². The summed E-state index contributed by atoms with van der Waals surface area (Å²) < 4.78 is 0. The zero-order chi connectivity index (χ0) is 14.6. The maximum absolute atomic E-state index is 11.7. The normalized spacial score (nSPS) is 24.0. The van der Waals surface area contributed by atoms with E-state index in [-0.39, 0.29) is 11.4 Å². The number of benzene rings is 1. The second kappa shape index (κ2) is 4.31. The van der Waals surface area contributed by atoms with Gasteiger partial charge in [-0.15, -0.1) is 11.3 Å². The van der Waals surface area contributed by atoms with Crippen LogP contribution in [-0.2, 0) is 10.3 Å². The van der Waals surface area contributed by atoms with E-state index in [0.717, 1.165) is 46.1 Å². The van der Waals surface area contributed by atoms with Gasteiger partial charge in [-0.05, 0) is 43.0 Å². The Morgan fingerprint density at radius 1 is 1.38 bits per heavy atom. The van der Waals surface area contributed by atoms with Crippen molar-refractivity contribution in [1.82, 2.24) is 9.88 Å². The molecule has 0 radical (unpaired) electrons. The fourth-order valence-corrected chi connectivity index (χ4v) is 4.69. The Morgan fingerprint density at radius 3 is 3.00 bits per heavy atom. The van der Waals surface area contributed by atoms with E-state index in [1.165, 1.54) is 0 Å². The van der Waals surface area contributed by atoms with Crippen molar-refractivity contribution in [2.45, 2.75) is 31.7 Å². The van der Waals surface area contributed by atoms with Crippen LogP contribution in [0.2, 0.25) is 0 Å². The molecule has 1 atom stereocenters. The number of carbonyl (C=O) groups is 1. The first-order valence-corrected chi connectivity index (χ1v) is 8.04. The molecule has 0 aliphatic carbocycles. The smallest absolute Gasteiger partial charge is 0.226 e. The Balaban J connectivity index is 1.72. The van der Waals surface area contributed by atoms with Gasteiger partial charge in [0.25, 0.3) is 0 Å². The number of thiazole rings is 1. The molecule has 2 saturated heterocycles. The number of aryl methyl sites for hydroxylation is 1. The zero-order valence-corrected chi connectivity index (χ0v) is 12.7. The SMILES string of the molecule is Cc1cc(N)cc(-c2cnc(C34CCCN3C(=O)C4)s2)c1. The summed E-state index contributed by atoms with van der Waals surface area (Å²) in [4.78, 5) is 19.5. The van der Waals surface area contributed by atoms with Crippen LogP contribution in [0.25, 0.3) is 10.4 Å². The first kappa shape index (κ1) is 12.8. The standard InChI is InChI=1S/C16H17N3OS/c1-10-5-11(7-12(17)6-10)13-9-18-15(21-13)16-3-2-4-19(16)14(20)8-16/h5-7,9H,2-4,8,17H2,1H3. The van der Waals surface area contributed by atoms with Crippen molar-refractivity contribution >= 4 is 22.9 Å². The molecule has 3 heterocycles. The summed E-state index contributed by atoms with van der Waals surface area (Å²) in [5.41, 5.74) is 8.88. The van der Waals surface area contributed by atoms with Crippen molar-refractivity contribution in [2.24, 2.45) is 0 Å². The third-order valence-corrected chi connectivity index (χ3v) is 5.76. The Labute approximate surface area is 127 Å². The molecule has 21 heavy (non-hydrogen) atoms. The lowest BCUT2D eigenvalue weighted by Gasteiger charge is -2.45. The van der Waals surface area contributed by atoms with Crippen molar-refractivity contribution < 1.29 is 4.79 Å². The summed E-state index contributed by atoms with van der Waals surface area (Å²) >= 11 is 1.70. The molecule has 2 aliphatic rings. The number of hydrogen-bond acceptors (Lipinski definition) is 4. The Bertz CT molecular complexity index is 719. The molecule has 1 amide bonds. The number of anilines is 1. The minimum Gasteiger partial charge on any atom is -0.399 e. The number of β-lactam (4-membered cyclic amide) rings is 1. The average molecular weight is 299 g/mol. The summed E-state index contributed by atoms with van der Waals surface area (Å²) in [5.74, 6) is 0.268. The lowest BCUT2D eigenvalue weighted by atomic mass is 9.85. The van der Waals surface area contributed by atoms with Crippen molar-refractivity contribution in [3.63, 3.8) is 0 Å². The van der Waals surface area contributed by atoms with E-state index in [0.29, 0.717) is 6.42 Å². The van der Waals surface area contributed by atoms with Crippen molar-refractivity contribution in [3.8, 4) is 10.4 Å². The largest absolute Gasteiger partial charge is 0.399 e. The molecule has 2 aliphatic heterocycles. The number of nitrogen functional groups attached to an aromatic ring is 1. The number of rotatable bonds is 2. The van der Waals surface area contributed by atoms with Crippen molar-refractivity contribution in [3.05, 3.63) is 35.0 Å². The van der Waals surface area contributed by atoms with Crippen LogP contribution in [0.15, 0.2) is 24.4 Å². The fourth-order valence-electron chi connectivity index (χ4n) is 3.56. The maximum atomic E-state index is 11.7. The molecule has 1 aromatic carbocycles. The Hall–Kier alpha value is -1.88. The Morgan fingerprint density at radius 2 is 2.24 bits per heavy atom. The van der Waals surface area contributed by atoms with Gasteiger partial charge >= 0.3 is 0 Å². The van der Waals surface area contributed by atoms with E-state index in [1.54, 1.807) is 11.3 Å². The maximum Gasteiger partial charge on any atom is 0.226 e. The molecule has 108 valence electrons. The monoisotopic (exact) mass is 299 g/mol. The molecule has 5 heteroatoms. The van der Waals surface area contributed by atoms with Gasteiger partial charge in [-0.25, -0.2) is 4.98 Å². The highest BCUT2D eigenvalue weighted by Gasteiger charge is 2.56. The zero-order valence-electron chi connectivity index (χ0n) is 11.9. The summed E-state index contributed by atoms with van der Waals surface area (Å²) in [7, 11) is 0. The number of nitrogens with two attached hydrogens (primary N) is 1. The predicted octanol–water partition coefficient (Wildman–Crippen LogP) is 2.92. The highest BCUT2D eigenvalue weighted by molar-refractivity contribution is 7.15. The molecule has 1 unspecified atom stereocenters. The second-order valence-electron chi connectivity index (χ2n) is 6.02. The summed E-state index contributed by atoms with van der Waals surface area (Å²) in [6, 6.07) is 6.08. The quantitative estimate of drug-likeness (QED) is 0.685. The lowest BCUT2D eigenvalue weighted by molar-refractivity contribution is -0.153. The number of hydrogen-bond donors (Lipinski definition) is 1. The molecule has 4 rings (SSSR count). The van der Waals surface area contributed by atoms with Crippen LogP contribution in [0.4, 0.5) is 5.69 Å². The Kier molecular flexibility index (Phi) is 2.63. The molecule has 0 saturated carbocycles. The fraction of sp³-hybridized carbons (Fsp3) is 0.375. The van der Waals surface area contributed by atoms with Gasteiger partial charge in [0, 0.05) is 18.4 Å². The van der Waals surface area contributed by atoms with E-state index in [1.807, 2.05) is 30.2 Å². The van der Waals surface area contributed by atoms with Gasteiger partial charge in [-0.1, -0.05) is 6.07 Å². The van der Waals surface area contributed by atoms with Gasteiger partial charge in [0.2, 0.25) is 5.91 Å². The van der Waals surface area contributed by atoms with Crippen molar-refractivity contribution in [2.75, 3.05) is 12.3 Å². The predicted molar refractivity (Wildman–Crippen MR) is 83.9 cm³/mol. The summed E-state index contributed by atoms with van der Waals surface area (Å²) in [6.45, 7) is 2.93. The third-order valence-electron chi connectivity index (χ3n) is 4.52. The molecule has 4 nitrogen and oxygen atoms in total. The molecular weight excluding hydrogens is 282 g/mol. The van der Waals surface area contributed by atoms with Crippen LogP contribution < -0.4 is 5.73 Å². The molecule has 0 spiro atoms. The molecule has 0 bridgehead atoms. The van der Waals surface area contributed by atoms with Gasteiger partial charge < -0.3 is 10.6 Å². The molecule has 2 fully saturated rings. The van der Waals surface area contributed by atoms with Crippen LogP contribution in [0.5, 0.6) is 0 Å². The molecule has 2 N–H and O–H groups in total. The van der Waals surface area contributed by atoms with Crippen LogP contribution in [-0.4, -0.2) is 22.3 Å². The van der Waals surface area contributed by atoms with E-state index < -0.39 is 0 Å². The van der Waals surface area contributed by atoms with E-state index in [2.05, 4.69) is 11.1 Å². The van der Waals surface area contributed by atoms with Crippen molar-refractivity contribution in [1.29, 1.82) is 0 Å². The first-order chi connectivity index (χ1) is 10.1. The summed E-state index contributed by atoms with van der Waals surface area (Å²) in [5, 5.41) is 1.08. The highest BCUT2D eigenvalue weighted by atomic mass is 32.1. The minimum absolute atomic E-state index is 0.102. The van der Waals surface area contributed by atoms with Gasteiger partial charge in [-0.3, -0.25) is 4.79 Å². The average Bonchev–Trinajstić information content (AvgIpc) is 3.01. The number of carbonyl (C=O) groups excluding carboxylic acids is 1. The minimum atomic E-state index is -0.102. The topological polar surface area (TPSA) is 59.2 Å². The number of nitrogens with zero attached hydrogens (tertiary/aromatic N) is 2. The van der Waals surface area contributed by atoms with Gasteiger partial charge in [0.05, 0.1) is 11.3 Å². The van der Waals surface area contributed by atoms with Crippen LogP contribution >= 0.6 is 11.3 Å². The van der Waals surface area contributed by atoms with E-state index in [4.69, 9.17) is 5.73 Å². The highest BCUT2D eigenvalue weighted by Crippen LogP contribution is 2.51. The molecule has 1 aromatic heterocycles. The van der Waals surface area contributed by atoms with Crippen LogP contribution in [0.3, 0.4) is 0 Å². The van der Waals surface area contributed by atoms with Crippen LogP contribution in [0.1, 0.15) is 29.8 Å². The first-order valence-electron chi connectivity index (χ1n) is 7.23. The lowest BCUT2D eigenvalue weighted by Crippen LogP contribution is -2.57. The number of amides is 1. The van der Waals surface area contributed by atoms with E-state index >= 15 is 0 Å².